The number of hydrogen-bond acceptors (Lipinski definition) is 3. The lowest BCUT2D eigenvalue weighted by molar-refractivity contribution is 0.0548. The number of aliphatic hydroxyl groups is 1. The number of nitrogens with zero attached hydrogens (tertiary/aromatic N) is 1. The van der Waals surface area contributed by atoms with Crippen LogP contribution in [0.4, 0.5) is 4.39 Å². The van der Waals surface area contributed by atoms with Gasteiger partial charge in [0.2, 0.25) is 10.0 Å². The summed E-state index contributed by atoms with van der Waals surface area (Å²) in [5.74, 6) is -0.474. The normalized spacial score (nSPS) is 18.8. The highest BCUT2D eigenvalue weighted by molar-refractivity contribution is 7.89. The molecule has 1 saturated heterocycles. The highest BCUT2D eigenvalue weighted by atomic mass is 32.2. The maximum Gasteiger partial charge on any atom is 0.243 e. The van der Waals surface area contributed by atoms with Crippen LogP contribution in [0.15, 0.2) is 29.2 Å². The van der Waals surface area contributed by atoms with Gasteiger partial charge in [-0.15, -0.1) is 0 Å². The Labute approximate surface area is 87.0 Å². The number of β-amino-alcohol motifs (C(OH)–C–C–N with tert-alkyl or cyclic N) is 1. The van der Waals surface area contributed by atoms with Crippen LogP contribution in [-0.4, -0.2) is 37.0 Å². The largest absolute Gasteiger partial charge is 0.390 e. The zero-order valence-corrected chi connectivity index (χ0v) is 8.61. The molecule has 1 aliphatic heterocycles. The number of hydrogen-bond donors (Lipinski definition) is 1. The lowest BCUT2D eigenvalue weighted by atomic mass is 10.2. The van der Waals surface area contributed by atoms with Crippen molar-refractivity contribution < 1.29 is 17.9 Å². The summed E-state index contributed by atoms with van der Waals surface area (Å²) in [4.78, 5) is 0.0517. The summed E-state index contributed by atoms with van der Waals surface area (Å²) in [5.41, 5.74) is 0. The van der Waals surface area contributed by atoms with E-state index in [-0.39, 0.29) is 18.0 Å². The summed E-state index contributed by atoms with van der Waals surface area (Å²) < 4.78 is 37.3. The zero-order chi connectivity index (χ0) is 11.1. The fourth-order valence-corrected chi connectivity index (χ4v) is 2.88. The summed E-state index contributed by atoms with van der Waals surface area (Å²) in [6.07, 6.45) is -0.583. The molecule has 0 atom stereocenters. The van der Waals surface area contributed by atoms with Gasteiger partial charge in [0.15, 0.2) is 0 Å². The molecule has 0 bridgehead atoms. The first-order valence-corrected chi connectivity index (χ1v) is 5.88. The van der Waals surface area contributed by atoms with Crippen molar-refractivity contribution in [2.75, 3.05) is 13.1 Å². The Morgan fingerprint density at radius 2 is 1.80 bits per heavy atom. The summed E-state index contributed by atoms with van der Waals surface area (Å²) in [6.45, 7) is 0.222. The Kier molecular flexibility index (Phi) is 2.49. The first kappa shape index (κ1) is 10.5. The first-order valence-electron chi connectivity index (χ1n) is 4.44. The number of aliphatic hydroxyl groups excluding tert-OH is 1. The van der Waals surface area contributed by atoms with Gasteiger partial charge < -0.3 is 5.11 Å². The van der Waals surface area contributed by atoms with Crippen LogP contribution in [0.2, 0.25) is 0 Å². The molecule has 1 N–H and O–H groups in total. The Morgan fingerprint density at radius 3 is 2.27 bits per heavy atom. The third kappa shape index (κ3) is 1.88. The van der Waals surface area contributed by atoms with Crippen molar-refractivity contribution in [2.45, 2.75) is 11.0 Å². The van der Waals surface area contributed by atoms with E-state index in [1.54, 1.807) is 0 Å². The van der Waals surface area contributed by atoms with Crippen molar-refractivity contribution in [3.8, 4) is 0 Å². The average Bonchev–Trinajstić information content (AvgIpc) is 2.13. The second-order valence-electron chi connectivity index (χ2n) is 3.43. The molecule has 1 fully saturated rings. The van der Waals surface area contributed by atoms with Crippen LogP contribution >= 0.6 is 0 Å². The molecule has 0 amide bonds. The zero-order valence-electron chi connectivity index (χ0n) is 7.80. The molecule has 82 valence electrons. The third-order valence-corrected chi connectivity index (χ3v) is 4.13. The topological polar surface area (TPSA) is 57.6 Å². The maximum absolute atomic E-state index is 12.6. The minimum Gasteiger partial charge on any atom is -0.390 e. The van der Waals surface area contributed by atoms with Gasteiger partial charge in [-0.25, -0.2) is 12.8 Å². The van der Waals surface area contributed by atoms with Gasteiger partial charge in [-0.2, -0.15) is 4.31 Å². The highest BCUT2D eigenvalue weighted by Crippen LogP contribution is 2.21. The maximum atomic E-state index is 12.6. The van der Waals surface area contributed by atoms with E-state index >= 15 is 0 Å². The molecule has 0 unspecified atom stereocenters. The second-order valence-corrected chi connectivity index (χ2v) is 5.37. The molecule has 0 radical (unpaired) electrons. The molecule has 4 nitrogen and oxygen atoms in total. The Balaban J connectivity index is 2.26. The third-order valence-electron chi connectivity index (χ3n) is 2.28. The Hall–Kier alpha value is -0.980. The van der Waals surface area contributed by atoms with Crippen LogP contribution in [0.5, 0.6) is 0 Å². The van der Waals surface area contributed by atoms with E-state index in [1.807, 2.05) is 0 Å². The van der Waals surface area contributed by atoms with Gasteiger partial charge in [0.25, 0.3) is 0 Å². The molecule has 1 aromatic rings. The van der Waals surface area contributed by atoms with Gasteiger partial charge in [0.1, 0.15) is 5.82 Å². The summed E-state index contributed by atoms with van der Waals surface area (Å²) in [5, 5.41) is 9.01. The number of rotatable bonds is 2. The number of halogens is 1. The smallest absolute Gasteiger partial charge is 0.243 e. The lowest BCUT2D eigenvalue weighted by Gasteiger charge is -2.34. The van der Waals surface area contributed by atoms with E-state index in [4.69, 9.17) is 5.11 Å². The van der Waals surface area contributed by atoms with Crippen molar-refractivity contribution in [1.29, 1.82) is 0 Å². The molecule has 0 aromatic heterocycles. The van der Waals surface area contributed by atoms with Crippen molar-refractivity contribution in [1.82, 2.24) is 4.31 Å². The molecule has 0 spiro atoms. The van der Waals surface area contributed by atoms with Gasteiger partial charge in [0.05, 0.1) is 11.0 Å². The van der Waals surface area contributed by atoms with E-state index in [9.17, 15) is 12.8 Å². The van der Waals surface area contributed by atoms with Crippen LogP contribution in [0, 0.1) is 5.82 Å². The lowest BCUT2D eigenvalue weighted by Crippen LogP contribution is -2.53. The molecule has 0 saturated carbocycles. The molecule has 0 aliphatic carbocycles. The van der Waals surface area contributed by atoms with Crippen molar-refractivity contribution in [3.05, 3.63) is 30.1 Å². The van der Waals surface area contributed by atoms with Crippen LogP contribution in [0.1, 0.15) is 0 Å². The fourth-order valence-electron chi connectivity index (χ4n) is 1.37. The van der Waals surface area contributed by atoms with Crippen molar-refractivity contribution >= 4 is 10.0 Å². The van der Waals surface area contributed by atoms with E-state index in [0.717, 1.165) is 16.4 Å². The van der Waals surface area contributed by atoms with Gasteiger partial charge in [-0.1, -0.05) is 0 Å². The predicted octanol–water partition coefficient (Wildman–Crippen LogP) is 0.191. The minimum absolute atomic E-state index is 0.0517. The average molecular weight is 231 g/mol. The van der Waals surface area contributed by atoms with E-state index in [1.165, 1.54) is 12.1 Å². The molecule has 6 heteroatoms. The SMILES string of the molecule is O=S(=O)(c1ccc(F)cc1)N1CC(O)C1. The van der Waals surface area contributed by atoms with Crippen LogP contribution in [0.3, 0.4) is 0 Å². The van der Waals surface area contributed by atoms with E-state index in [0.29, 0.717) is 0 Å². The molecule has 15 heavy (non-hydrogen) atoms. The molecular formula is C9H10FNO3S. The summed E-state index contributed by atoms with van der Waals surface area (Å²) in [6, 6.07) is 4.64. The monoisotopic (exact) mass is 231 g/mol. The van der Waals surface area contributed by atoms with Gasteiger partial charge in [-0.05, 0) is 24.3 Å². The minimum atomic E-state index is -3.55. The van der Waals surface area contributed by atoms with Gasteiger partial charge in [0, 0.05) is 13.1 Å². The fraction of sp³-hybridized carbons (Fsp3) is 0.333. The molecule has 1 heterocycles. The summed E-state index contributed by atoms with van der Waals surface area (Å²) >= 11 is 0. The molecular weight excluding hydrogens is 221 g/mol. The van der Waals surface area contributed by atoms with Gasteiger partial charge >= 0.3 is 0 Å². The van der Waals surface area contributed by atoms with E-state index < -0.39 is 21.9 Å². The first-order chi connectivity index (χ1) is 7.00. The molecule has 2 rings (SSSR count). The molecule has 1 aromatic carbocycles. The van der Waals surface area contributed by atoms with Crippen molar-refractivity contribution in [2.24, 2.45) is 0 Å². The second kappa shape index (κ2) is 3.55. The number of benzene rings is 1. The van der Waals surface area contributed by atoms with Crippen LogP contribution < -0.4 is 0 Å². The standard InChI is InChI=1S/C9H10FNO3S/c10-7-1-3-9(4-2-7)15(13,14)11-5-8(12)6-11/h1-4,8,12H,5-6H2. The van der Waals surface area contributed by atoms with Crippen LogP contribution in [-0.2, 0) is 10.0 Å². The number of sulfonamides is 1. The van der Waals surface area contributed by atoms with E-state index in [2.05, 4.69) is 0 Å². The van der Waals surface area contributed by atoms with Gasteiger partial charge in [-0.3, -0.25) is 0 Å². The van der Waals surface area contributed by atoms with Crippen molar-refractivity contribution in [3.63, 3.8) is 0 Å². The highest BCUT2D eigenvalue weighted by Gasteiger charge is 2.35. The predicted molar refractivity (Wildman–Crippen MR) is 51.2 cm³/mol. The molecule has 1 aliphatic rings. The quantitative estimate of drug-likeness (QED) is 0.790. The van der Waals surface area contributed by atoms with Crippen LogP contribution in [0.25, 0.3) is 0 Å². The summed E-state index contributed by atoms with van der Waals surface area (Å²) in [7, 11) is -3.55. The Morgan fingerprint density at radius 1 is 1.27 bits per heavy atom. The Bertz CT molecular complexity index is 451.